The molecular formula is C26H35NO2. The van der Waals surface area contributed by atoms with Crippen LogP contribution in [0.2, 0.25) is 0 Å². The van der Waals surface area contributed by atoms with Crippen LogP contribution in [-0.2, 0) is 9.53 Å². The fraction of sp³-hybridized carbons (Fsp3) is 0.462. The van der Waals surface area contributed by atoms with Crippen molar-refractivity contribution < 1.29 is 9.53 Å². The second kappa shape index (κ2) is 13.6. The van der Waals surface area contributed by atoms with E-state index in [1.54, 1.807) is 0 Å². The Morgan fingerprint density at radius 2 is 2.00 bits per heavy atom. The van der Waals surface area contributed by atoms with Gasteiger partial charge >= 0.3 is 5.97 Å². The van der Waals surface area contributed by atoms with Gasteiger partial charge in [-0.2, -0.15) is 5.26 Å². The number of benzene rings is 1. The maximum Gasteiger partial charge on any atom is 0.312 e. The van der Waals surface area contributed by atoms with Gasteiger partial charge < -0.3 is 4.74 Å². The molecule has 0 radical (unpaired) electrons. The van der Waals surface area contributed by atoms with E-state index in [4.69, 9.17) is 4.74 Å². The van der Waals surface area contributed by atoms with E-state index in [1.807, 2.05) is 62.4 Å². The highest BCUT2D eigenvalue weighted by Gasteiger charge is 2.35. The first kappa shape index (κ1) is 24.4. The Kier molecular flexibility index (Phi) is 11.4. The van der Waals surface area contributed by atoms with Gasteiger partial charge in [0.1, 0.15) is 6.61 Å². The van der Waals surface area contributed by atoms with Crippen LogP contribution in [0.25, 0.3) is 6.08 Å². The average Bonchev–Trinajstić information content (AvgIpc) is 2.75. The molecule has 0 heterocycles. The normalized spacial score (nSPS) is 15.5. The molecule has 0 fully saturated rings. The van der Waals surface area contributed by atoms with E-state index < -0.39 is 5.41 Å². The van der Waals surface area contributed by atoms with Gasteiger partial charge in [-0.25, -0.2) is 0 Å². The van der Waals surface area contributed by atoms with Crippen molar-refractivity contribution in [3.8, 4) is 6.07 Å². The van der Waals surface area contributed by atoms with Crippen LogP contribution in [0.3, 0.4) is 0 Å². The molecule has 0 aliphatic rings. The van der Waals surface area contributed by atoms with Gasteiger partial charge in [0.05, 0.1) is 17.4 Å². The van der Waals surface area contributed by atoms with Crippen molar-refractivity contribution in [1.82, 2.24) is 0 Å². The fourth-order valence-corrected chi connectivity index (χ4v) is 3.00. The molecule has 0 saturated heterocycles. The van der Waals surface area contributed by atoms with Crippen LogP contribution in [-0.4, -0.2) is 12.6 Å². The van der Waals surface area contributed by atoms with E-state index in [-0.39, 0.29) is 18.5 Å². The fourth-order valence-electron chi connectivity index (χ4n) is 3.00. The molecule has 0 bridgehead atoms. The quantitative estimate of drug-likeness (QED) is 0.275. The van der Waals surface area contributed by atoms with Gasteiger partial charge in [-0.1, -0.05) is 68.5 Å². The lowest BCUT2D eigenvalue weighted by atomic mass is 9.78. The maximum absolute atomic E-state index is 12.7. The Morgan fingerprint density at radius 1 is 1.28 bits per heavy atom. The van der Waals surface area contributed by atoms with Gasteiger partial charge in [-0.3, -0.25) is 4.79 Å². The number of esters is 1. The van der Waals surface area contributed by atoms with Crippen molar-refractivity contribution in [3.63, 3.8) is 0 Å². The highest BCUT2D eigenvalue weighted by atomic mass is 16.5. The zero-order valence-electron chi connectivity index (χ0n) is 18.1. The first-order valence-electron chi connectivity index (χ1n) is 10.5. The number of carbonyl (C=O) groups excluding carboxylic acids is 1. The highest BCUT2D eigenvalue weighted by molar-refractivity contribution is 5.76. The maximum atomic E-state index is 12.7. The van der Waals surface area contributed by atoms with E-state index in [9.17, 15) is 10.1 Å². The van der Waals surface area contributed by atoms with E-state index in [0.29, 0.717) is 25.2 Å². The molecule has 29 heavy (non-hydrogen) atoms. The standard InChI is InChI=1S/C26H35NO2/c1-5-22(3)14-9-7-12-17-24(21-27)20-26(4,6-2)25(28)29-19-13-18-23-15-10-8-11-16-23/h5,7-8,10-13,15-16,18,22,24H,1,6,9,14,17,19-20H2,2-4H3/b12-7?,18-13+. The number of nitriles is 1. The summed E-state index contributed by atoms with van der Waals surface area (Å²) in [6, 6.07) is 12.3. The Morgan fingerprint density at radius 3 is 2.62 bits per heavy atom. The molecule has 156 valence electrons. The summed E-state index contributed by atoms with van der Waals surface area (Å²) < 4.78 is 5.48. The minimum absolute atomic E-state index is 0.194. The molecular weight excluding hydrogens is 358 g/mol. The van der Waals surface area contributed by atoms with Gasteiger partial charge in [-0.05, 0) is 56.6 Å². The Hall–Kier alpha value is -2.60. The summed E-state index contributed by atoms with van der Waals surface area (Å²) in [7, 11) is 0. The van der Waals surface area contributed by atoms with Crippen LogP contribution < -0.4 is 0 Å². The molecule has 0 spiro atoms. The molecule has 0 amide bonds. The summed E-state index contributed by atoms with van der Waals surface area (Å²) in [6.45, 7) is 10.1. The number of hydrogen-bond donors (Lipinski definition) is 0. The monoisotopic (exact) mass is 393 g/mol. The van der Waals surface area contributed by atoms with Crippen molar-refractivity contribution in [3.05, 3.63) is 66.8 Å². The van der Waals surface area contributed by atoms with Gasteiger partial charge in [-0.15, -0.1) is 6.58 Å². The van der Waals surface area contributed by atoms with Crippen LogP contribution in [0.4, 0.5) is 0 Å². The van der Waals surface area contributed by atoms with Gasteiger partial charge in [0.25, 0.3) is 0 Å². The van der Waals surface area contributed by atoms with E-state index in [2.05, 4.69) is 31.7 Å². The summed E-state index contributed by atoms with van der Waals surface area (Å²) in [4.78, 5) is 12.7. The molecule has 0 aliphatic carbocycles. The smallest absolute Gasteiger partial charge is 0.312 e. The average molecular weight is 394 g/mol. The highest BCUT2D eigenvalue weighted by Crippen LogP contribution is 2.32. The molecule has 0 saturated carbocycles. The van der Waals surface area contributed by atoms with Crippen LogP contribution in [0.5, 0.6) is 0 Å². The molecule has 3 heteroatoms. The Bertz CT molecular complexity index is 714. The lowest BCUT2D eigenvalue weighted by Crippen LogP contribution is -2.31. The molecule has 0 aliphatic heterocycles. The van der Waals surface area contributed by atoms with Crippen molar-refractivity contribution in [1.29, 1.82) is 5.26 Å². The van der Waals surface area contributed by atoms with Gasteiger partial charge in [0.15, 0.2) is 0 Å². The second-order valence-corrected chi connectivity index (χ2v) is 7.85. The molecule has 1 aromatic rings. The van der Waals surface area contributed by atoms with Crippen molar-refractivity contribution in [2.75, 3.05) is 6.61 Å². The first-order valence-corrected chi connectivity index (χ1v) is 10.5. The molecule has 1 aromatic carbocycles. The number of nitrogens with zero attached hydrogens (tertiary/aromatic N) is 1. The minimum Gasteiger partial charge on any atom is -0.461 e. The predicted octanol–water partition coefficient (Wildman–Crippen LogP) is 6.74. The molecule has 0 N–H and O–H groups in total. The summed E-state index contributed by atoms with van der Waals surface area (Å²) in [5, 5.41) is 9.53. The van der Waals surface area contributed by atoms with Crippen molar-refractivity contribution in [2.24, 2.45) is 17.3 Å². The molecule has 0 aromatic heterocycles. The van der Waals surface area contributed by atoms with Gasteiger partial charge in [0.2, 0.25) is 0 Å². The summed E-state index contributed by atoms with van der Waals surface area (Å²) in [5.74, 6) is 0.0719. The van der Waals surface area contributed by atoms with Crippen molar-refractivity contribution >= 4 is 12.0 Å². The third-order valence-corrected chi connectivity index (χ3v) is 5.35. The number of ether oxygens (including phenoxy) is 1. The second-order valence-electron chi connectivity index (χ2n) is 7.85. The number of allylic oxidation sites excluding steroid dienone is 3. The molecule has 3 nitrogen and oxygen atoms in total. The number of hydrogen-bond acceptors (Lipinski definition) is 3. The third kappa shape index (κ3) is 9.43. The molecule has 3 atom stereocenters. The lowest BCUT2D eigenvalue weighted by molar-refractivity contribution is -0.154. The van der Waals surface area contributed by atoms with E-state index in [0.717, 1.165) is 18.4 Å². The zero-order chi connectivity index (χ0) is 21.5. The summed E-state index contributed by atoms with van der Waals surface area (Å²) in [5.41, 5.74) is 0.423. The molecule has 1 rings (SSSR count). The Labute approximate surface area is 176 Å². The topological polar surface area (TPSA) is 50.1 Å². The van der Waals surface area contributed by atoms with E-state index >= 15 is 0 Å². The number of rotatable bonds is 13. The van der Waals surface area contributed by atoms with Crippen LogP contribution >= 0.6 is 0 Å². The van der Waals surface area contributed by atoms with E-state index in [1.165, 1.54) is 0 Å². The summed E-state index contributed by atoms with van der Waals surface area (Å²) in [6.07, 6.45) is 13.8. The zero-order valence-corrected chi connectivity index (χ0v) is 18.1. The minimum atomic E-state index is -0.647. The van der Waals surface area contributed by atoms with Gasteiger partial charge in [0, 0.05) is 0 Å². The van der Waals surface area contributed by atoms with Crippen molar-refractivity contribution in [2.45, 2.75) is 52.9 Å². The third-order valence-electron chi connectivity index (χ3n) is 5.35. The largest absolute Gasteiger partial charge is 0.461 e. The lowest BCUT2D eigenvalue weighted by Gasteiger charge is -2.27. The van der Waals surface area contributed by atoms with Crippen LogP contribution in [0.1, 0.15) is 58.4 Å². The summed E-state index contributed by atoms with van der Waals surface area (Å²) >= 11 is 0. The van der Waals surface area contributed by atoms with Crippen LogP contribution in [0.15, 0.2) is 61.2 Å². The van der Waals surface area contributed by atoms with Crippen LogP contribution in [0, 0.1) is 28.6 Å². The SMILES string of the molecule is C=CC(C)CCC=CCC(C#N)CC(C)(CC)C(=O)OC/C=C/c1ccccc1. The molecule has 3 unspecified atom stereocenters. The predicted molar refractivity (Wildman–Crippen MR) is 121 cm³/mol. The number of carbonyl (C=O) groups is 1. The Balaban J connectivity index is 2.52. The first-order chi connectivity index (χ1) is 13.9.